The zero-order valence-corrected chi connectivity index (χ0v) is 11.4. The highest BCUT2D eigenvalue weighted by atomic mass is 16.5. The maximum absolute atomic E-state index is 10.3. The number of morpholine rings is 1. The Hall–Kier alpha value is -1.51. The lowest BCUT2D eigenvalue weighted by atomic mass is 10.2. The number of aromatic nitrogens is 2. The normalized spacial score (nSPS) is 20.1. The van der Waals surface area contributed by atoms with Gasteiger partial charge in [0.05, 0.1) is 6.61 Å². The average molecular weight is 285 g/mol. The molecule has 0 spiro atoms. The van der Waals surface area contributed by atoms with Crippen LogP contribution in [0.2, 0.25) is 0 Å². The van der Waals surface area contributed by atoms with Gasteiger partial charge in [0.15, 0.2) is 0 Å². The Morgan fingerprint density at radius 2 is 2.45 bits per heavy atom. The molecule has 2 heterocycles. The number of carbonyl (C=O) groups is 1. The summed E-state index contributed by atoms with van der Waals surface area (Å²) in [6.45, 7) is 5.05. The third-order valence-electron chi connectivity index (χ3n) is 2.91. The lowest BCUT2D eigenvalue weighted by molar-refractivity contribution is -0.142. The standard InChI is InChI=1S/C12H19N3O5/c1-2-3-15-4-5-19-9(6-15)12-13-10(20-14-12)7-18-8-11(16)17/h9H,2-8H2,1H3,(H,16,17). The number of hydrogen-bond donors (Lipinski definition) is 1. The molecule has 8 heteroatoms. The van der Waals surface area contributed by atoms with Gasteiger partial charge in [0.2, 0.25) is 5.82 Å². The fourth-order valence-corrected chi connectivity index (χ4v) is 2.06. The lowest BCUT2D eigenvalue weighted by Gasteiger charge is -2.30. The molecule has 0 aliphatic carbocycles. The van der Waals surface area contributed by atoms with Crippen molar-refractivity contribution in [3.8, 4) is 0 Å². The monoisotopic (exact) mass is 285 g/mol. The van der Waals surface area contributed by atoms with Gasteiger partial charge in [-0.25, -0.2) is 4.79 Å². The summed E-state index contributed by atoms with van der Waals surface area (Å²) in [4.78, 5) is 16.8. The predicted octanol–water partition coefficient (Wildman–Crippen LogP) is 0.454. The average Bonchev–Trinajstić information content (AvgIpc) is 2.88. The molecule has 1 aromatic heterocycles. The first-order valence-corrected chi connectivity index (χ1v) is 6.65. The third-order valence-corrected chi connectivity index (χ3v) is 2.91. The van der Waals surface area contributed by atoms with Crippen LogP contribution in [0.1, 0.15) is 31.2 Å². The molecule has 20 heavy (non-hydrogen) atoms. The Balaban J connectivity index is 1.86. The Kier molecular flexibility index (Phi) is 5.45. The van der Waals surface area contributed by atoms with Gasteiger partial charge in [-0.1, -0.05) is 12.1 Å². The molecular formula is C12H19N3O5. The van der Waals surface area contributed by atoms with E-state index in [1.54, 1.807) is 0 Å². The van der Waals surface area contributed by atoms with Crippen LogP contribution in [0.15, 0.2) is 4.52 Å². The molecule has 1 saturated heterocycles. The minimum atomic E-state index is -1.03. The molecule has 1 atom stereocenters. The zero-order chi connectivity index (χ0) is 14.4. The first-order valence-electron chi connectivity index (χ1n) is 6.65. The molecule has 2 rings (SSSR count). The van der Waals surface area contributed by atoms with Crippen LogP contribution in [0.25, 0.3) is 0 Å². The van der Waals surface area contributed by atoms with Crippen molar-refractivity contribution in [1.82, 2.24) is 15.0 Å². The first-order chi connectivity index (χ1) is 9.69. The van der Waals surface area contributed by atoms with Crippen molar-refractivity contribution in [2.24, 2.45) is 0 Å². The Bertz CT molecular complexity index is 434. The zero-order valence-electron chi connectivity index (χ0n) is 11.4. The van der Waals surface area contributed by atoms with Gasteiger partial charge in [-0.15, -0.1) is 0 Å². The van der Waals surface area contributed by atoms with Crippen LogP contribution in [0, 0.1) is 0 Å². The van der Waals surface area contributed by atoms with Gasteiger partial charge in [0.25, 0.3) is 5.89 Å². The van der Waals surface area contributed by atoms with E-state index in [-0.39, 0.29) is 25.2 Å². The number of carboxylic acid groups (broad SMARTS) is 1. The molecule has 1 fully saturated rings. The Morgan fingerprint density at radius 3 is 3.20 bits per heavy atom. The number of hydrogen-bond acceptors (Lipinski definition) is 7. The van der Waals surface area contributed by atoms with E-state index in [1.807, 2.05) is 0 Å². The van der Waals surface area contributed by atoms with Crippen molar-refractivity contribution in [1.29, 1.82) is 0 Å². The van der Waals surface area contributed by atoms with Crippen molar-refractivity contribution in [3.05, 3.63) is 11.7 Å². The van der Waals surface area contributed by atoms with Crippen LogP contribution in [-0.4, -0.2) is 59.0 Å². The third kappa shape index (κ3) is 4.26. The highest BCUT2D eigenvalue weighted by Gasteiger charge is 2.25. The number of ether oxygens (including phenoxy) is 2. The fourth-order valence-electron chi connectivity index (χ4n) is 2.06. The van der Waals surface area contributed by atoms with E-state index in [9.17, 15) is 4.79 Å². The lowest BCUT2D eigenvalue weighted by Crippen LogP contribution is -2.39. The molecule has 1 unspecified atom stereocenters. The number of nitrogens with zero attached hydrogens (tertiary/aromatic N) is 3. The largest absolute Gasteiger partial charge is 0.480 e. The van der Waals surface area contributed by atoms with Crippen molar-refractivity contribution in [2.75, 3.05) is 32.8 Å². The highest BCUT2D eigenvalue weighted by molar-refractivity contribution is 5.67. The molecule has 1 aliphatic heterocycles. The summed E-state index contributed by atoms with van der Waals surface area (Å²) >= 11 is 0. The van der Waals surface area contributed by atoms with Gasteiger partial charge in [-0.05, 0) is 13.0 Å². The van der Waals surface area contributed by atoms with E-state index in [0.29, 0.717) is 12.4 Å². The van der Waals surface area contributed by atoms with Gasteiger partial charge < -0.3 is 19.1 Å². The first kappa shape index (κ1) is 14.9. The number of aliphatic carboxylic acids is 1. The summed E-state index contributed by atoms with van der Waals surface area (Å²) in [7, 11) is 0. The summed E-state index contributed by atoms with van der Waals surface area (Å²) in [6.07, 6.45) is 0.889. The van der Waals surface area contributed by atoms with Crippen molar-refractivity contribution >= 4 is 5.97 Å². The van der Waals surface area contributed by atoms with Crippen LogP contribution in [0.5, 0.6) is 0 Å². The van der Waals surface area contributed by atoms with E-state index < -0.39 is 5.97 Å². The molecule has 1 aromatic rings. The summed E-state index contributed by atoms with van der Waals surface area (Å²) in [5.74, 6) is -0.284. The summed E-state index contributed by atoms with van der Waals surface area (Å²) in [5, 5.41) is 12.3. The minimum Gasteiger partial charge on any atom is -0.480 e. The SMILES string of the molecule is CCCN1CCOC(c2noc(COCC(=O)O)n2)C1. The minimum absolute atomic E-state index is 0.00923. The van der Waals surface area contributed by atoms with Crippen molar-refractivity contribution in [3.63, 3.8) is 0 Å². The second kappa shape index (κ2) is 7.32. The molecule has 0 amide bonds. The van der Waals surface area contributed by atoms with Crippen LogP contribution in [0.3, 0.4) is 0 Å². The second-order valence-electron chi connectivity index (χ2n) is 4.59. The van der Waals surface area contributed by atoms with Crippen LogP contribution in [-0.2, 0) is 20.9 Å². The maximum atomic E-state index is 10.3. The smallest absolute Gasteiger partial charge is 0.329 e. The van der Waals surface area contributed by atoms with E-state index in [1.165, 1.54) is 0 Å². The molecular weight excluding hydrogens is 266 g/mol. The molecule has 112 valence electrons. The predicted molar refractivity (Wildman–Crippen MR) is 67.0 cm³/mol. The molecule has 0 aromatic carbocycles. The molecule has 0 saturated carbocycles. The van der Waals surface area contributed by atoms with E-state index >= 15 is 0 Å². The van der Waals surface area contributed by atoms with E-state index in [4.69, 9.17) is 19.1 Å². The van der Waals surface area contributed by atoms with Gasteiger partial charge in [-0.3, -0.25) is 4.90 Å². The number of carboxylic acids is 1. The highest BCUT2D eigenvalue weighted by Crippen LogP contribution is 2.19. The molecule has 8 nitrogen and oxygen atoms in total. The van der Waals surface area contributed by atoms with Crippen LogP contribution < -0.4 is 0 Å². The Labute approximate surface area is 116 Å². The topological polar surface area (TPSA) is 97.9 Å². The fraction of sp³-hybridized carbons (Fsp3) is 0.750. The maximum Gasteiger partial charge on any atom is 0.329 e. The number of rotatable bonds is 7. The second-order valence-corrected chi connectivity index (χ2v) is 4.59. The molecule has 1 N–H and O–H groups in total. The summed E-state index contributed by atoms with van der Waals surface area (Å²) in [5.41, 5.74) is 0. The van der Waals surface area contributed by atoms with Gasteiger partial charge >= 0.3 is 5.97 Å². The van der Waals surface area contributed by atoms with Gasteiger partial charge in [0.1, 0.15) is 19.3 Å². The molecule has 0 bridgehead atoms. The van der Waals surface area contributed by atoms with Crippen LogP contribution in [0.4, 0.5) is 0 Å². The van der Waals surface area contributed by atoms with Gasteiger partial charge in [-0.2, -0.15) is 4.98 Å². The van der Waals surface area contributed by atoms with Crippen LogP contribution >= 0.6 is 0 Å². The van der Waals surface area contributed by atoms with Crippen molar-refractivity contribution in [2.45, 2.75) is 26.1 Å². The molecule has 0 radical (unpaired) electrons. The summed E-state index contributed by atoms with van der Waals surface area (Å²) in [6, 6.07) is 0. The van der Waals surface area contributed by atoms with Crippen molar-refractivity contribution < 1.29 is 23.9 Å². The Morgan fingerprint density at radius 1 is 1.60 bits per heavy atom. The molecule has 1 aliphatic rings. The summed E-state index contributed by atoms with van der Waals surface area (Å²) < 4.78 is 15.5. The van der Waals surface area contributed by atoms with Gasteiger partial charge in [0, 0.05) is 13.1 Å². The van der Waals surface area contributed by atoms with E-state index in [2.05, 4.69) is 22.0 Å². The van der Waals surface area contributed by atoms with E-state index in [0.717, 1.165) is 26.1 Å². The quantitative estimate of drug-likeness (QED) is 0.771.